The van der Waals surface area contributed by atoms with E-state index in [2.05, 4.69) is 0 Å². The van der Waals surface area contributed by atoms with E-state index in [1.807, 2.05) is 17.5 Å². The molecule has 0 amide bonds. The summed E-state index contributed by atoms with van der Waals surface area (Å²) < 4.78 is 31.8. The third-order valence-corrected chi connectivity index (χ3v) is 5.86. The largest absolute Gasteiger partial charge is 0.383 e. The number of nitro groups is 1. The van der Waals surface area contributed by atoms with Crippen molar-refractivity contribution in [3.8, 4) is 0 Å². The lowest BCUT2D eigenvalue weighted by atomic mass is 10.3. The van der Waals surface area contributed by atoms with E-state index in [1.165, 1.54) is 47.0 Å². The molecule has 9 heteroatoms. The van der Waals surface area contributed by atoms with Gasteiger partial charge in [-0.25, -0.2) is 8.42 Å². The fourth-order valence-corrected chi connectivity index (χ4v) is 4.15. The van der Waals surface area contributed by atoms with Gasteiger partial charge in [-0.05, 0) is 23.6 Å². The Labute approximate surface area is 138 Å². The first-order valence-corrected chi connectivity index (χ1v) is 9.03. The summed E-state index contributed by atoms with van der Waals surface area (Å²) in [4.78, 5) is 11.0. The van der Waals surface area contributed by atoms with Crippen molar-refractivity contribution >= 4 is 27.0 Å². The summed E-state index contributed by atoms with van der Waals surface area (Å²) in [6.07, 6.45) is 0. The number of rotatable bonds is 8. The number of nitro benzene ring substituents is 1. The number of methoxy groups -OCH3 is 1. The second-order valence-electron chi connectivity index (χ2n) is 4.66. The molecule has 0 aliphatic heterocycles. The van der Waals surface area contributed by atoms with E-state index >= 15 is 0 Å². The van der Waals surface area contributed by atoms with E-state index in [0.29, 0.717) is 0 Å². The van der Waals surface area contributed by atoms with Crippen molar-refractivity contribution in [2.75, 3.05) is 20.3 Å². The molecule has 124 valence electrons. The standard InChI is InChI=1S/C14H16N2O5S2/c1-21-9-8-15(11-13-3-2-10-22-13)23(19,20)14-6-4-12(5-7-14)16(17)18/h2-7,10H,8-9,11H2,1H3. The van der Waals surface area contributed by atoms with E-state index in [9.17, 15) is 18.5 Å². The smallest absolute Gasteiger partial charge is 0.269 e. The fraction of sp³-hybridized carbons (Fsp3) is 0.286. The van der Waals surface area contributed by atoms with Gasteiger partial charge in [-0.1, -0.05) is 6.07 Å². The highest BCUT2D eigenvalue weighted by Gasteiger charge is 2.25. The zero-order valence-electron chi connectivity index (χ0n) is 12.4. The Balaban J connectivity index is 2.28. The van der Waals surface area contributed by atoms with Gasteiger partial charge >= 0.3 is 0 Å². The van der Waals surface area contributed by atoms with Crippen LogP contribution in [-0.4, -0.2) is 37.9 Å². The van der Waals surface area contributed by atoms with Crippen molar-refractivity contribution in [2.24, 2.45) is 0 Å². The van der Waals surface area contributed by atoms with Crippen LogP contribution in [0.3, 0.4) is 0 Å². The highest BCUT2D eigenvalue weighted by molar-refractivity contribution is 7.89. The maximum Gasteiger partial charge on any atom is 0.269 e. The third kappa shape index (κ3) is 4.35. The predicted octanol–water partition coefficient (Wildman–Crippen LogP) is 2.49. The summed E-state index contributed by atoms with van der Waals surface area (Å²) in [5.41, 5.74) is -0.148. The summed E-state index contributed by atoms with van der Waals surface area (Å²) in [7, 11) is -2.25. The lowest BCUT2D eigenvalue weighted by Gasteiger charge is -2.21. The number of ether oxygens (including phenoxy) is 1. The van der Waals surface area contributed by atoms with Crippen LogP contribution in [0.2, 0.25) is 0 Å². The molecule has 0 aliphatic carbocycles. The Morgan fingerprint density at radius 1 is 1.26 bits per heavy atom. The Morgan fingerprint density at radius 3 is 2.48 bits per heavy atom. The van der Waals surface area contributed by atoms with Crippen molar-refractivity contribution in [3.63, 3.8) is 0 Å². The molecule has 0 saturated heterocycles. The van der Waals surface area contributed by atoms with Crippen molar-refractivity contribution < 1.29 is 18.1 Å². The Hall–Kier alpha value is -1.81. The van der Waals surface area contributed by atoms with Crippen LogP contribution in [0.5, 0.6) is 0 Å². The quantitative estimate of drug-likeness (QED) is 0.535. The van der Waals surface area contributed by atoms with Gasteiger partial charge in [0.15, 0.2) is 0 Å². The fourth-order valence-electron chi connectivity index (χ4n) is 1.94. The molecule has 1 aromatic carbocycles. The lowest BCUT2D eigenvalue weighted by Crippen LogP contribution is -2.33. The Bertz CT molecular complexity index is 742. The van der Waals surface area contributed by atoms with Gasteiger partial charge < -0.3 is 4.74 Å². The zero-order chi connectivity index (χ0) is 16.9. The number of benzene rings is 1. The molecule has 0 radical (unpaired) electrons. The first kappa shape index (κ1) is 17.5. The van der Waals surface area contributed by atoms with Gasteiger partial charge in [0.05, 0.1) is 16.4 Å². The van der Waals surface area contributed by atoms with Crippen LogP contribution in [0.1, 0.15) is 4.88 Å². The highest BCUT2D eigenvalue weighted by atomic mass is 32.2. The van der Waals surface area contributed by atoms with Gasteiger partial charge in [0.1, 0.15) is 0 Å². The van der Waals surface area contributed by atoms with Crippen molar-refractivity contribution in [1.82, 2.24) is 4.31 Å². The molecule has 2 aromatic rings. The number of nitrogens with zero attached hydrogens (tertiary/aromatic N) is 2. The second kappa shape index (κ2) is 7.64. The summed E-state index contributed by atoms with van der Waals surface area (Å²) in [6, 6.07) is 8.59. The minimum Gasteiger partial charge on any atom is -0.383 e. The summed E-state index contributed by atoms with van der Waals surface area (Å²) >= 11 is 1.47. The molecule has 2 rings (SSSR count). The molecule has 0 fully saturated rings. The van der Waals surface area contributed by atoms with Crippen LogP contribution in [0, 0.1) is 10.1 Å². The van der Waals surface area contributed by atoms with Crippen molar-refractivity contribution in [1.29, 1.82) is 0 Å². The van der Waals surface area contributed by atoms with Crippen LogP contribution in [0.15, 0.2) is 46.7 Å². The molecule has 0 N–H and O–H groups in total. The minimum absolute atomic E-state index is 0.0239. The normalized spacial score (nSPS) is 11.7. The molecular weight excluding hydrogens is 340 g/mol. The van der Waals surface area contributed by atoms with Gasteiger partial charge in [-0.3, -0.25) is 10.1 Å². The number of hydrogen-bond acceptors (Lipinski definition) is 6. The highest BCUT2D eigenvalue weighted by Crippen LogP contribution is 2.22. The van der Waals surface area contributed by atoms with E-state index < -0.39 is 14.9 Å². The maximum atomic E-state index is 12.8. The first-order valence-electron chi connectivity index (χ1n) is 6.71. The molecule has 0 unspecified atom stereocenters. The monoisotopic (exact) mass is 356 g/mol. The summed E-state index contributed by atoms with van der Waals surface area (Å²) in [5.74, 6) is 0. The number of sulfonamides is 1. The molecule has 1 aromatic heterocycles. The van der Waals surface area contributed by atoms with Crippen LogP contribution in [-0.2, 0) is 21.3 Å². The molecule has 0 spiro atoms. The van der Waals surface area contributed by atoms with E-state index in [4.69, 9.17) is 4.74 Å². The number of non-ortho nitro benzene ring substituents is 1. The molecule has 1 heterocycles. The number of thiophene rings is 1. The average Bonchev–Trinajstić information content (AvgIpc) is 3.04. The molecular formula is C14H16N2O5S2. The van der Waals surface area contributed by atoms with Gasteiger partial charge in [0.2, 0.25) is 10.0 Å². The lowest BCUT2D eigenvalue weighted by molar-refractivity contribution is -0.384. The van der Waals surface area contributed by atoms with Crippen LogP contribution < -0.4 is 0 Å². The number of hydrogen-bond donors (Lipinski definition) is 0. The maximum absolute atomic E-state index is 12.8. The SMILES string of the molecule is COCCN(Cc1cccs1)S(=O)(=O)c1ccc([N+](=O)[O-])cc1. The first-order chi connectivity index (χ1) is 10.9. The summed E-state index contributed by atoms with van der Waals surface area (Å²) in [5, 5.41) is 12.6. The molecule has 0 saturated carbocycles. The van der Waals surface area contributed by atoms with Crippen LogP contribution in [0.25, 0.3) is 0 Å². The predicted molar refractivity (Wildman–Crippen MR) is 86.9 cm³/mol. The van der Waals surface area contributed by atoms with Crippen molar-refractivity contribution in [3.05, 3.63) is 56.8 Å². The topological polar surface area (TPSA) is 89.8 Å². The van der Waals surface area contributed by atoms with Crippen LogP contribution in [0.4, 0.5) is 5.69 Å². The Morgan fingerprint density at radius 2 is 1.96 bits per heavy atom. The van der Waals surface area contributed by atoms with E-state index in [-0.39, 0.29) is 30.3 Å². The van der Waals surface area contributed by atoms with Gasteiger partial charge in [-0.2, -0.15) is 4.31 Å². The molecule has 7 nitrogen and oxygen atoms in total. The second-order valence-corrected chi connectivity index (χ2v) is 7.63. The molecule has 0 atom stereocenters. The van der Waals surface area contributed by atoms with Crippen LogP contribution >= 0.6 is 11.3 Å². The molecule has 23 heavy (non-hydrogen) atoms. The van der Waals surface area contributed by atoms with E-state index in [0.717, 1.165) is 4.88 Å². The van der Waals surface area contributed by atoms with Crippen molar-refractivity contribution in [2.45, 2.75) is 11.4 Å². The minimum atomic E-state index is -3.75. The van der Waals surface area contributed by atoms with Gasteiger partial charge in [-0.15, -0.1) is 11.3 Å². The van der Waals surface area contributed by atoms with Gasteiger partial charge in [0.25, 0.3) is 5.69 Å². The van der Waals surface area contributed by atoms with E-state index in [1.54, 1.807) is 0 Å². The summed E-state index contributed by atoms with van der Waals surface area (Å²) in [6.45, 7) is 0.700. The molecule has 0 aliphatic rings. The Kier molecular flexibility index (Phi) is 5.83. The third-order valence-electron chi connectivity index (χ3n) is 3.14. The average molecular weight is 356 g/mol. The van der Waals surface area contributed by atoms with Gasteiger partial charge in [0, 0.05) is 37.2 Å². The zero-order valence-corrected chi connectivity index (χ0v) is 14.0. The molecule has 0 bridgehead atoms.